The molecular weight excluding hydrogens is 386 g/mol. The Morgan fingerprint density at radius 1 is 1.03 bits per heavy atom. The van der Waals surface area contributed by atoms with E-state index < -0.39 is 0 Å². The lowest BCUT2D eigenvalue weighted by Crippen LogP contribution is -2.41. The summed E-state index contributed by atoms with van der Waals surface area (Å²) in [4.78, 5) is 42.9. The van der Waals surface area contributed by atoms with Crippen molar-refractivity contribution in [2.75, 3.05) is 18.0 Å². The molecule has 5 rings (SSSR count). The van der Waals surface area contributed by atoms with Crippen molar-refractivity contribution in [2.45, 2.75) is 38.3 Å². The number of benzene rings is 1. The molecule has 0 unspecified atom stereocenters. The lowest BCUT2D eigenvalue weighted by atomic mass is 9.94. The van der Waals surface area contributed by atoms with Crippen LogP contribution in [0.15, 0.2) is 35.7 Å². The first-order valence-corrected chi connectivity index (χ1v) is 11.1. The van der Waals surface area contributed by atoms with E-state index >= 15 is 0 Å². The van der Waals surface area contributed by atoms with Gasteiger partial charge >= 0.3 is 0 Å². The van der Waals surface area contributed by atoms with Crippen LogP contribution in [0.1, 0.15) is 51.3 Å². The maximum absolute atomic E-state index is 12.9. The first-order valence-electron chi connectivity index (χ1n) is 10.2. The molecule has 1 saturated carbocycles. The van der Waals surface area contributed by atoms with Crippen LogP contribution in [0.25, 0.3) is 0 Å². The number of carbonyl (C=O) groups is 3. The van der Waals surface area contributed by atoms with E-state index in [0.29, 0.717) is 30.8 Å². The van der Waals surface area contributed by atoms with Gasteiger partial charge in [-0.15, -0.1) is 11.3 Å². The number of carbonyl (C=O) groups excluding carboxylic acids is 3. The van der Waals surface area contributed by atoms with Gasteiger partial charge in [-0.05, 0) is 49.3 Å². The zero-order valence-electron chi connectivity index (χ0n) is 16.1. The third-order valence-corrected chi connectivity index (χ3v) is 6.94. The van der Waals surface area contributed by atoms with Crippen LogP contribution in [0, 0.1) is 5.92 Å². The topological polar surface area (TPSA) is 69.7 Å². The van der Waals surface area contributed by atoms with Crippen molar-refractivity contribution in [3.63, 3.8) is 0 Å². The van der Waals surface area contributed by atoms with Gasteiger partial charge in [0.2, 0.25) is 5.91 Å². The van der Waals surface area contributed by atoms with E-state index in [1.165, 1.54) is 4.90 Å². The number of nitrogens with zero attached hydrogens (tertiary/aromatic N) is 2. The molecule has 2 aromatic rings. The average molecular weight is 410 g/mol. The molecule has 2 fully saturated rings. The maximum Gasteiger partial charge on any atom is 0.263 e. The molecular formula is C22H23N3O3S. The van der Waals surface area contributed by atoms with Crippen LogP contribution >= 0.6 is 11.3 Å². The summed E-state index contributed by atoms with van der Waals surface area (Å²) in [6.45, 7) is 1.99. The molecule has 1 saturated heterocycles. The van der Waals surface area contributed by atoms with Gasteiger partial charge in [-0.1, -0.05) is 12.1 Å². The summed E-state index contributed by atoms with van der Waals surface area (Å²) in [5, 5.41) is 5.05. The van der Waals surface area contributed by atoms with Gasteiger partial charge in [0.05, 0.1) is 23.4 Å². The number of rotatable bonds is 5. The third-order valence-electron chi connectivity index (χ3n) is 6.06. The largest absolute Gasteiger partial charge is 0.371 e. The van der Waals surface area contributed by atoms with Crippen molar-refractivity contribution in [3.8, 4) is 0 Å². The number of piperidine rings is 1. The molecule has 3 amide bonds. The SMILES string of the molecule is O=C(NCc1cccs1)C1CCN(c2cccc3c2C(=O)N(C2CC2)C3=O)CC1. The summed E-state index contributed by atoms with van der Waals surface area (Å²) in [7, 11) is 0. The molecule has 150 valence electrons. The molecule has 1 aromatic heterocycles. The highest BCUT2D eigenvalue weighted by Gasteiger charge is 2.46. The third kappa shape index (κ3) is 3.33. The fourth-order valence-electron chi connectivity index (χ4n) is 4.33. The molecule has 0 atom stereocenters. The van der Waals surface area contributed by atoms with Crippen LogP contribution < -0.4 is 10.2 Å². The maximum atomic E-state index is 12.9. The number of thiophene rings is 1. The first-order chi connectivity index (χ1) is 14.1. The molecule has 29 heavy (non-hydrogen) atoms. The molecule has 2 aliphatic heterocycles. The van der Waals surface area contributed by atoms with E-state index in [1.54, 1.807) is 17.4 Å². The van der Waals surface area contributed by atoms with Gasteiger partial charge in [-0.2, -0.15) is 0 Å². The van der Waals surface area contributed by atoms with E-state index in [4.69, 9.17) is 0 Å². The lowest BCUT2D eigenvalue weighted by molar-refractivity contribution is -0.125. The Kier molecular flexibility index (Phi) is 4.62. The van der Waals surface area contributed by atoms with E-state index in [2.05, 4.69) is 10.2 Å². The van der Waals surface area contributed by atoms with Crippen LogP contribution in [0.3, 0.4) is 0 Å². The van der Waals surface area contributed by atoms with Gasteiger partial charge in [0.25, 0.3) is 11.8 Å². The fraction of sp³-hybridized carbons (Fsp3) is 0.409. The lowest BCUT2D eigenvalue weighted by Gasteiger charge is -2.33. The number of imide groups is 1. The normalized spacial score (nSPS) is 19.6. The zero-order chi connectivity index (χ0) is 20.0. The molecule has 7 heteroatoms. The van der Waals surface area contributed by atoms with Gasteiger partial charge in [-0.3, -0.25) is 19.3 Å². The number of hydrogen-bond donors (Lipinski definition) is 1. The molecule has 0 spiro atoms. The number of amides is 3. The summed E-state index contributed by atoms with van der Waals surface area (Å²) >= 11 is 1.64. The number of anilines is 1. The Labute approximate surface area is 173 Å². The van der Waals surface area contributed by atoms with Gasteiger partial charge in [0.1, 0.15) is 0 Å². The minimum Gasteiger partial charge on any atom is -0.371 e. The quantitative estimate of drug-likeness (QED) is 0.771. The number of nitrogens with one attached hydrogen (secondary N) is 1. The highest BCUT2D eigenvalue weighted by atomic mass is 32.1. The Bertz CT molecular complexity index is 960. The van der Waals surface area contributed by atoms with Crippen molar-refractivity contribution >= 4 is 34.7 Å². The van der Waals surface area contributed by atoms with Crippen LogP contribution in [-0.2, 0) is 11.3 Å². The highest BCUT2D eigenvalue weighted by Crippen LogP contribution is 2.39. The molecule has 6 nitrogen and oxygen atoms in total. The molecule has 3 aliphatic rings. The molecule has 0 radical (unpaired) electrons. The minimum absolute atomic E-state index is 0.0109. The summed E-state index contributed by atoms with van der Waals surface area (Å²) in [5.74, 6) is -0.220. The Hall–Kier alpha value is -2.67. The van der Waals surface area contributed by atoms with E-state index in [0.717, 1.165) is 36.2 Å². The summed E-state index contributed by atoms with van der Waals surface area (Å²) in [6, 6.07) is 9.62. The molecule has 1 aromatic carbocycles. The molecule has 0 bridgehead atoms. The van der Waals surface area contributed by atoms with Gasteiger partial charge in [-0.25, -0.2) is 0 Å². The monoisotopic (exact) mass is 409 g/mol. The van der Waals surface area contributed by atoms with E-state index in [-0.39, 0.29) is 29.7 Å². The molecule has 1 N–H and O–H groups in total. The second-order valence-corrected chi connectivity index (χ2v) is 9.00. The molecule has 1 aliphatic carbocycles. The number of fused-ring (bicyclic) bond motifs is 1. The highest BCUT2D eigenvalue weighted by molar-refractivity contribution is 7.09. The van der Waals surface area contributed by atoms with Crippen LogP contribution in [0.5, 0.6) is 0 Å². The summed E-state index contributed by atoms with van der Waals surface area (Å²) < 4.78 is 0. The zero-order valence-corrected chi connectivity index (χ0v) is 16.9. The van der Waals surface area contributed by atoms with Gasteiger partial charge in [0.15, 0.2) is 0 Å². The Morgan fingerprint density at radius 2 is 1.83 bits per heavy atom. The number of hydrogen-bond acceptors (Lipinski definition) is 5. The van der Waals surface area contributed by atoms with Gasteiger partial charge in [0, 0.05) is 29.9 Å². The van der Waals surface area contributed by atoms with Crippen LogP contribution in [0.2, 0.25) is 0 Å². The van der Waals surface area contributed by atoms with Crippen molar-refractivity contribution in [1.29, 1.82) is 0 Å². The van der Waals surface area contributed by atoms with Crippen molar-refractivity contribution < 1.29 is 14.4 Å². The van der Waals surface area contributed by atoms with Crippen LogP contribution in [0.4, 0.5) is 5.69 Å². The second kappa shape index (κ2) is 7.30. The standard InChI is InChI=1S/C22H23N3O3S/c26-20(23-13-16-3-2-12-29-16)14-8-10-24(11-9-14)18-5-1-4-17-19(18)22(28)25(21(17)27)15-6-7-15/h1-5,12,14-15H,6-11,13H2,(H,23,26). The van der Waals surface area contributed by atoms with E-state index in [9.17, 15) is 14.4 Å². The first kappa shape index (κ1) is 18.4. The Balaban J connectivity index is 1.26. The van der Waals surface area contributed by atoms with Crippen molar-refractivity contribution in [2.24, 2.45) is 5.92 Å². The Morgan fingerprint density at radius 3 is 2.52 bits per heavy atom. The molecule has 3 heterocycles. The summed E-state index contributed by atoms with van der Waals surface area (Å²) in [5.41, 5.74) is 1.90. The minimum atomic E-state index is -0.155. The second-order valence-electron chi connectivity index (χ2n) is 7.97. The van der Waals surface area contributed by atoms with Crippen LogP contribution in [-0.4, -0.2) is 41.8 Å². The predicted molar refractivity (Wildman–Crippen MR) is 111 cm³/mol. The van der Waals surface area contributed by atoms with E-state index in [1.807, 2.05) is 29.6 Å². The predicted octanol–water partition coefficient (Wildman–Crippen LogP) is 3.04. The smallest absolute Gasteiger partial charge is 0.263 e. The van der Waals surface area contributed by atoms with Crippen molar-refractivity contribution in [1.82, 2.24) is 10.2 Å². The summed E-state index contributed by atoms with van der Waals surface area (Å²) in [6.07, 6.45) is 3.31. The van der Waals surface area contributed by atoms with Gasteiger partial charge < -0.3 is 10.2 Å². The average Bonchev–Trinajstić information content (AvgIpc) is 3.37. The van der Waals surface area contributed by atoms with Crippen molar-refractivity contribution in [3.05, 3.63) is 51.7 Å². The fourth-order valence-corrected chi connectivity index (χ4v) is 4.97.